The van der Waals surface area contributed by atoms with Crippen LogP contribution >= 0.6 is 27.3 Å². The second kappa shape index (κ2) is 8.12. The molecule has 0 aromatic carbocycles. The summed E-state index contributed by atoms with van der Waals surface area (Å²) in [6.45, 7) is 3.24. The number of hydrogen-bond donors (Lipinski definition) is 1. The van der Waals surface area contributed by atoms with Crippen LogP contribution < -0.4 is 5.32 Å². The van der Waals surface area contributed by atoms with Gasteiger partial charge in [0, 0.05) is 21.8 Å². The third-order valence-corrected chi connectivity index (χ3v) is 5.08. The highest BCUT2D eigenvalue weighted by Crippen LogP contribution is 2.21. The molecule has 1 fully saturated rings. The van der Waals surface area contributed by atoms with Crippen LogP contribution in [0.15, 0.2) is 15.9 Å². The first-order valence-electron chi connectivity index (χ1n) is 6.94. The summed E-state index contributed by atoms with van der Waals surface area (Å²) < 4.78 is 6.84. The fourth-order valence-electron chi connectivity index (χ4n) is 2.22. The van der Waals surface area contributed by atoms with Crippen LogP contribution in [0.3, 0.4) is 0 Å². The number of nitrogens with zero attached hydrogens (tertiary/aromatic N) is 1. The van der Waals surface area contributed by atoms with Gasteiger partial charge in [-0.2, -0.15) is 0 Å². The molecule has 1 aliphatic rings. The zero-order valence-corrected chi connectivity index (χ0v) is 14.1. The Bertz CT molecular complexity index is 433. The predicted molar refractivity (Wildman–Crippen MR) is 85.0 cm³/mol. The van der Waals surface area contributed by atoms with Crippen molar-refractivity contribution in [2.24, 2.45) is 0 Å². The monoisotopic (exact) mass is 360 g/mol. The molecular formula is C14H21BrN2O2S. The maximum Gasteiger partial charge on any atom is 0.224 e. The molecule has 1 aliphatic heterocycles. The Morgan fingerprint density at radius 3 is 2.95 bits per heavy atom. The molecule has 4 nitrogen and oxygen atoms in total. The van der Waals surface area contributed by atoms with Crippen molar-refractivity contribution >= 4 is 33.2 Å². The molecule has 20 heavy (non-hydrogen) atoms. The Kier molecular flexibility index (Phi) is 6.48. The van der Waals surface area contributed by atoms with Crippen molar-refractivity contribution in [1.29, 1.82) is 0 Å². The summed E-state index contributed by atoms with van der Waals surface area (Å²) in [6.07, 6.45) is 2.88. The second-order valence-electron chi connectivity index (χ2n) is 5.05. The molecule has 0 radical (unpaired) electrons. The van der Waals surface area contributed by atoms with Crippen LogP contribution in [0.4, 0.5) is 0 Å². The average molecular weight is 361 g/mol. The zero-order chi connectivity index (χ0) is 14.4. The highest BCUT2D eigenvalue weighted by molar-refractivity contribution is 9.10. The van der Waals surface area contributed by atoms with Gasteiger partial charge in [-0.05, 0) is 47.9 Å². The molecule has 2 rings (SSSR count). The largest absolute Gasteiger partial charge is 0.378 e. The first-order valence-corrected chi connectivity index (χ1v) is 8.61. The van der Waals surface area contributed by atoms with Crippen LogP contribution in [0.1, 0.15) is 24.1 Å². The van der Waals surface area contributed by atoms with Gasteiger partial charge in [-0.3, -0.25) is 4.79 Å². The summed E-state index contributed by atoms with van der Waals surface area (Å²) in [7, 11) is 1.85. The maximum absolute atomic E-state index is 12.0. The smallest absolute Gasteiger partial charge is 0.224 e. The molecular weight excluding hydrogens is 340 g/mol. The first-order chi connectivity index (χ1) is 9.65. The van der Waals surface area contributed by atoms with Gasteiger partial charge in [0.2, 0.25) is 5.91 Å². The zero-order valence-electron chi connectivity index (χ0n) is 11.7. The Hall–Kier alpha value is -0.430. The molecule has 0 aliphatic carbocycles. The van der Waals surface area contributed by atoms with Crippen LogP contribution in [-0.2, 0) is 16.1 Å². The SMILES string of the molecule is CN(Cc1cc(Br)cs1)C(=O)CCOC1CCNCC1. The molecule has 1 aromatic heterocycles. The van der Waals surface area contributed by atoms with Crippen LogP contribution in [0.5, 0.6) is 0 Å². The fraction of sp³-hybridized carbons (Fsp3) is 0.643. The number of hydrogen-bond acceptors (Lipinski definition) is 4. The van der Waals surface area contributed by atoms with Gasteiger partial charge >= 0.3 is 0 Å². The summed E-state index contributed by atoms with van der Waals surface area (Å²) >= 11 is 5.09. The van der Waals surface area contributed by atoms with E-state index >= 15 is 0 Å². The van der Waals surface area contributed by atoms with Crippen LogP contribution in [0.25, 0.3) is 0 Å². The quantitative estimate of drug-likeness (QED) is 0.847. The number of nitrogens with one attached hydrogen (secondary N) is 1. The van der Waals surface area contributed by atoms with Gasteiger partial charge in [0.25, 0.3) is 0 Å². The molecule has 1 N–H and O–H groups in total. The van der Waals surface area contributed by atoms with Gasteiger partial charge in [-0.15, -0.1) is 11.3 Å². The van der Waals surface area contributed by atoms with Crippen LogP contribution in [0, 0.1) is 0 Å². The third-order valence-electron chi connectivity index (χ3n) is 3.40. The van der Waals surface area contributed by atoms with Gasteiger partial charge < -0.3 is 15.0 Å². The van der Waals surface area contributed by atoms with E-state index in [4.69, 9.17) is 4.74 Å². The standard InChI is InChI=1S/C14H21BrN2O2S/c1-17(9-13-8-11(15)10-20-13)14(18)4-7-19-12-2-5-16-6-3-12/h8,10,12,16H,2-7,9H2,1H3. The van der Waals surface area contributed by atoms with Gasteiger partial charge in [-0.1, -0.05) is 0 Å². The first kappa shape index (κ1) is 15.9. The number of carbonyl (C=O) groups excluding carboxylic acids is 1. The summed E-state index contributed by atoms with van der Waals surface area (Å²) in [6, 6.07) is 2.06. The minimum Gasteiger partial charge on any atom is -0.378 e. The van der Waals surface area contributed by atoms with Crippen molar-refractivity contribution in [2.45, 2.75) is 31.9 Å². The number of carbonyl (C=O) groups is 1. The maximum atomic E-state index is 12.0. The molecule has 6 heteroatoms. The van der Waals surface area contributed by atoms with E-state index in [9.17, 15) is 4.79 Å². The molecule has 0 atom stereocenters. The molecule has 1 aromatic rings. The van der Waals surface area contributed by atoms with E-state index in [2.05, 4.69) is 27.3 Å². The van der Waals surface area contributed by atoms with Crippen molar-refractivity contribution < 1.29 is 9.53 Å². The lowest BCUT2D eigenvalue weighted by atomic mass is 10.1. The van der Waals surface area contributed by atoms with Crippen molar-refractivity contribution in [3.63, 3.8) is 0 Å². The van der Waals surface area contributed by atoms with Gasteiger partial charge in [0.1, 0.15) is 0 Å². The Balaban J connectivity index is 1.65. The third kappa shape index (κ3) is 5.16. The fourth-order valence-corrected chi connectivity index (χ4v) is 3.73. The van der Waals surface area contributed by atoms with Crippen molar-refractivity contribution in [3.8, 4) is 0 Å². The number of halogens is 1. The lowest BCUT2D eigenvalue weighted by Crippen LogP contribution is -2.33. The van der Waals surface area contributed by atoms with E-state index < -0.39 is 0 Å². The second-order valence-corrected chi connectivity index (χ2v) is 6.96. The van der Waals surface area contributed by atoms with E-state index in [0.29, 0.717) is 25.7 Å². The van der Waals surface area contributed by atoms with E-state index in [1.807, 2.05) is 12.4 Å². The summed E-state index contributed by atoms with van der Waals surface area (Å²) in [4.78, 5) is 15.0. The average Bonchev–Trinajstić information content (AvgIpc) is 2.85. The Morgan fingerprint density at radius 1 is 1.55 bits per heavy atom. The Labute approximate surface area is 132 Å². The van der Waals surface area contributed by atoms with Crippen molar-refractivity contribution in [2.75, 3.05) is 26.7 Å². The number of rotatable bonds is 6. The van der Waals surface area contributed by atoms with Crippen molar-refractivity contribution in [1.82, 2.24) is 10.2 Å². The number of ether oxygens (including phenoxy) is 1. The Morgan fingerprint density at radius 2 is 2.30 bits per heavy atom. The molecule has 0 unspecified atom stereocenters. The highest BCUT2D eigenvalue weighted by Gasteiger charge is 2.15. The number of amides is 1. The normalized spacial score (nSPS) is 16.3. The van der Waals surface area contributed by atoms with Crippen molar-refractivity contribution in [3.05, 3.63) is 20.8 Å². The molecule has 1 amide bonds. The molecule has 1 saturated heterocycles. The molecule has 0 bridgehead atoms. The molecule has 2 heterocycles. The van der Waals surface area contributed by atoms with Gasteiger partial charge in [0.05, 0.1) is 25.7 Å². The molecule has 0 saturated carbocycles. The van der Waals surface area contributed by atoms with Gasteiger partial charge in [-0.25, -0.2) is 0 Å². The molecule has 112 valence electrons. The van der Waals surface area contributed by atoms with E-state index in [-0.39, 0.29) is 5.91 Å². The van der Waals surface area contributed by atoms with Crippen LogP contribution in [0.2, 0.25) is 0 Å². The number of piperidine rings is 1. The summed E-state index contributed by atoms with van der Waals surface area (Å²) in [5.74, 6) is 0.142. The lowest BCUT2D eigenvalue weighted by Gasteiger charge is -2.23. The summed E-state index contributed by atoms with van der Waals surface area (Å²) in [5, 5.41) is 5.34. The highest BCUT2D eigenvalue weighted by atomic mass is 79.9. The number of thiophene rings is 1. The molecule has 0 spiro atoms. The van der Waals surface area contributed by atoms with Gasteiger partial charge in [0.15, 0.2) is 0 Å². The van der Waals surface area contributed by atoms with E-state index in [0.717, 1.165) is 30.4 Å². The topological polar surface area (TPSA) is 41.6 Å². The summed E-state index contributed by atoms with van der Waals surface area (Å²) in [5.41, 5.74) is 0. The minimum atomic E-state index is 0.142. The van der Waals surface area contributed by atoms with E-state index in [1.165, 1.54) is 4.88 Å². The van der Waals surface area contributed by atoms with E-state index in [1.54, 1.807) is 16.2 Å². The lowest BCUT2D eigenvalue weighted by molar-refractivity contribution is -0.132. The minimum absolute atomic E-state index is 0.142. The van der Waals surface area contributed by atoms with Crippen LogP contribution in [-0.4, -0.2) is 43.7 Å². The predicted octanol–water partition coefficient (Wildman–Crippen LogP) is 2.63.